The summed E-state index contributed by atoms with van der Waals surface area (Å²) in [6.45, 7) is 2.62. The molecule has 4 nitrogen and oxygen atoms in total. The van der Waals surface area contributed by atoms with Gasteiger partial charge in [-0.3, -0.25) is 4.79 Å². The molecule has 138 valence electrons. The second kappa shape index (κ2) is 9.10. The third-order valence-corrected chi connectivity index (χ3v) is 4.24. The summed E-state index contributed by atoms with van der Waals surface area (Å²) in [7, 11) is 0. The molecule has 3 aromatic rings. The van der Waals surface area contributed by atoms with E-state index in [4.69, 9.17) is 16.3 Å². The fourth-order valence-electron chi connectivity index (χ4n) is 2.59. The summed E-state index contributed by atoms with van der Waals surface area (Å²) in [5.41, 5.74) is 3.93. The standard InChI is InChI=1S/C22H21ClN2O2/c1-16-10-11-18(23)13-21(16)24-14-17-6-5-9-20(12-17)27-15-22(26)25-19-7-3-2-4-8-19/h2-13,24H,14-15H2,1H3,(H,25,26). The minimum absolute atomic E-state index is 0.0425. The first-order valence-electron chi connectivity index (χ1n) is 8.67. The Kier molecular flexibility index (Phi) is 6.34. The molecule has 0 saturated carbocycles. The average molecular weight is 381 g/mol. The van der Waals surface area contributed by atoms with Gasteiger partial charge >= 0.3 is 0 Å². The number of anilines is 2. The van der Waals surface area contributed by atoms with Crippen molar-refractivity contribution in [1.29, 1.82) is 0 Å². The van der Waals surface area contributed by atoms with Crippen molar-refractivity contribution in [2.75, 3.05) is 17.2 Å². The van der Waals surface area contributed by atoms with Crippen molar-refractivity contribution in [3.63, 3.8) is 0 Å². The molecule has 2 N–H and O–H groups in total. The largest absolute Gasteiger partial charge is 0.484 e. The van der Waals surface area contributed by atoms with Crippen LogP contribution in [0.25, 0.3) is 0 Å². The molecule has 5 heteroatoms. The van der Waals surface area contributed by atoms with Crippen molar-refractivity contribution in [3.8, 4) is 5.75 Å². The second-order valence-corrected chi connectivity index (χ2v) is 6.60. The van der Waals surface area contributed by atoms with E-state index in [2.05, 4.69) is 10.6 Å². The van der Waals surface area contributed by atoms with Gasteiger partial charge in [-0.1, -0.05) is 48.0 Å². The first-order chi connectivity index (χ1) is 13.1. The first-order valence-corrected chi connectivity index (χ1v) is 9.04. The molecule has 0 spiro atoms. The number of carbonyl (C=O) groups is 1. The number of rotatable bonds is 7. The fraction of sp³-hybridized carbons (Fsp3) is 0.136. The predicted molar refractivity (Wildman–Crippen MR) is 111 cm³/mol. The predicted octanol–water partition coefficient (Wildman–Crippen LogP) is 5.28. The van der Waals surface area contributed by atoms with Crippen molar-refractivity contribution in [1.82, 2.24) is 0 Å². The van der Waals surface area contributed by atoms with Crippen LogP contribution in [0.1, 0.15) is 11.1 Å². The lowest BCUT2D eigenvalue weighted by Crippen LogP contribution is -2.20. The van der Waals surface area contributed by atoms with Crippen LogP contribution in [0.4, 0.5) is 11.4 Å². The number of para-hydroxylation sites is 1. The highest BCUT2D eigenvalue weighted by atomic mass is 35.5. The molecule has 0 aliphatic rings. The zero-order chi connectivity index (χ0) is 19.1. The van der Waals surface area contributed by atoms with Gasteiger partial charge in [0, 0.05) is 22.9 Å². The van der Waals surface area contributed by atoms with E-state index in [1.807, 2.05) is 79.7 Å². The molecule has 0 heterocycles. The summed E-state index contributed by atoms with van der Waals surface area (Å²) < 4.78 is 5.61. The molecule has 3 rings (SSSR count). The number of carbonyl (C=O) groups excluding carboxylic acids is 1. The number of aryl methyl sites for hydroxylation is 1. The summed E-state index contributed by atoms with van der Waals surface area (Å²) >= 11 is 6.05. The molecule has 0 saturated heterocycles. The Morgan fingerprint density at radius 2 is 1.81 bits per heavy atom. The number of ether oxygens (including phenoxy) is 1. The van der Waals surface area contributed by atoms with Gasteiger partial charge < -0.3 is 15.4 Å². The quantitative estimate of drug-likeness (QED) is 0.586. The van der Waals surface area contributed by atoms with E-state index in [9.17, 15) is 4.79 Å². The van der Waals surface area contributed by atoms with Gasteiger partial charge in [0.15, 0.2) is 6.61 Å². The van der Waals surface area contributed by atoms with E-state index in [1.165, 1.54) is 0 Å². The SMILES string of the molecule is Cc1ccc(Cl)cc1NCc1cccc(OCC(=O)Nc2ccccc2)c1. The topological polar surface area (TPSA) is 50.4 Å². The Morgan fingerprint density at radius 3 is 2.63 bits per heavy atom. The molecule has 27 heavy (non-hydrogen) atoms. The van der Waals surface area contributed by atoms with Crippen LogP contribution in [-0.4, -0.2) is 12.5 Å². The van der Waals surface area contributed by atoms with Crippen LogP contribution < -0.4 is 15.4 Å². The van der Waals surface area contributed by atoms with Gasteiger partial charge in [0.2, 0.25) is 0 Å². The van der Waals surface area contributed by atoms with Gasteiger partial charge in [-0.15, -0.1) is 0 Å². The van der Waals surface area contributed by atoms with Crippen LogP contribution in [0.2, 0.25) is 5.02 Å². The Hall–Kier alpha value is -2.98. The van der Waals surface area contributed by atoms with Crippen molar-refractivity contribution < 1.29 is 9.53 Å². The van der Waals surface area contributed by atoms with Crippen LogP contribution in [0.15, 0.2) is 72.8 Å². The van der Waals surface area contributed by atoms with E-state index < -0.39 is 0 Å². The van der Waals surface area contributed by atoms with Crippen molar-refractivity contribution in [2.24, 2.45) is 0 Å². The number of benzene rings is 3. The summed E-state index contributed by atoms with van der Waals surface area (Å²) in [5, 5.41) is 6.87. The van der Waals surface area contributed by atoms with E-state index in [-0.39, 0.29) is 12.5 Å². The van der Waals surface area contributed by atoms with Crippen molar-refractivity contribution >= 4 is 28.9 Å². The Balaban J connectivity index is 1.54. The Bertz CT molecular complexity index is 913. The smallest absolute Gasteiger partial charge is 0.262 e. The summed E-state index contributed by atoms with van der Waals surface area (Å²) in [5.74, 6) is 0.458. The lowest BCUT2D eigenvalue weighted by molar-refractivity contribution is -0.118. The van der Waals surface area contributed by atoms with Gasteiger partial charge in [0.25, 0.3) is 5.91 Å². The van der Waals surface area contributed by atoms with Crippen molar-refractivity contribution in [3.05, 3.63) is 88.9 Å². The maximum absolute atomic E-state index is 12.0. The Morgan fingerprint density at radius 1 is 1.00 bits per heavy atom. The number of amides is 1. The molecule has 0 atom stereocenters. The lowest BCUT2D eigenvalue weighted by atomic mass is 10.1. The van der Waals surface area contributed by atoms with Crippen LogP contribution in [0.3, 0.4) is 0 Å². The van der Waals surface area contributed by atoms with Crippen LogP contribution in [-0.2, 0) is 11.3 Å². The zero-order valence-corrected chi connectivity index (χ0v) is 15.8. The van der Waals surface area contributed by atoms with E-state index in [1.54, 1.807) is 0 Å². The van der Waals surface area contributed by atoms with E-state index >= 15 is 0 Å². The molecule has 0 fully saturated rings. The molecular weight excluding hydrogens is 360 g/mol. The Labute approximate surface area is 164 Å². The van der Waals surface area contributed by atoms with E-state index in [0.29, 0.717) is 17.3 Å². The maximum Gasteiger partial charge on any atom is 0.262 e. The fourth-order valence-corrected chi connectivity index (χ4v) is 2.77. The van der Waals surface area contributed by atoms with Gasteiger partial charge in [-0.05, 0) is 54.4 Å². The summed E-state index contributed by atoms with van der Waals surface area (Å²) in [6, 6.07) is 22.7. The van der Waals surface area contributed by atoms with Gasteiger partial charge in [0.05, 0.1) is 0 Å². The maximum atomic E-state index is 12.0. The number of hydrogen-bond donors (Lipinski definition) is 2. The number of nitrogens with one attached hydrogen (secondary N) is 2. The molecule has 0 aliphatic heterocycles. The second-order valence-electron chi connectivity index (χ2n) is 6.16. The van der Waals surface area contributed by atoms with Gasteiger partial charge in [-0.25, -0.2) is 0 Å². The number of hydrogen-bond acceptors (Lipinski definition) is 3. The minimum atomic E-state index is -0.195. The van der Waals surface area contributed by atoms with E-state index in [0.717, 1.165) is 22.5 Å². The lowest BCUT2D eigenvalue weighted by Gasteiger charge is -2.12. The molecule has 0 unspecified atom stereocenters. The molecule has 1 amide bonds. The molecule has 0 bridgehead atoms. The zero-order valence-electron chi connectivity index (χ0n) is 15.0. The highest BCUT2D eigenvalue weighted by Crippen LogP contribution is 2.21. The van der Waals surface area contributed by atoms with Crippen molar-refractivity contribution in [2.45, 2.75) is 13.5 Å². The average Bonchev–Trinajstić information content (AvgIpc) is 2.68. The van der Waals surface area contributed by atoms with Gasteiger partial charge in [-0.2, -0.15) is 0 Å². The monoisotopic (exact) mass is 380 g/mol. The molecule has 0 aliphatic carbocycles. The highest BCUT2D eigenvalue weighted by Gasteiger charge is 2.05. The summed E-state index contributed by atoms with van der Waals surface area (Å²) in [4.78, 5) is 12.0. The van der Waals surface area contributed by atoms with Crippen LogP contribution in [0, 0.1) is 6.92 Å². The highest BCUT2D eigenvalue weighted by molar-refractivity contribution is 6.30. The van der Waals surface area contributed by atoms with Gasteiger partial charge in [0.1, 0.15) is 5.75 Å². The number of halogens is 1. The molecule has 3 aromatic carbocycles. The normalized spacial score (nSPS) is 10.3. The van der Waals surface area contributed by atoms with Crippen LogP contribution >= 0.6 is 11.6 Å². The third-order valence-electron chi connectivity index (χ3n) is 4.01. The summed E-state index contributed by atoms with van der Waals surface area (Å²) in [6.07, 6.45) is 0. The molecule has 0 aromatic heterocycles. The first kappa shape index (κ1) is 18.8. The molecule has 0 radical (unpaired) electrons. The minimum Gasteiger partial charge on any atom is -0.484 e. The van der Waals surface area contributed by atoms with Crippen LogP contribution in [0.5, 0.6) is 5.75 Å². The third kappa shape index (κ3) is 5.76. The molecular formula is C22H21ClN2O2.